The smallest absolute Gasteiger partial charge is 0.240 e. The van der Waals surface area contributed by atoms with E-state index in [4.69, 9.17) is 9.47 Å². The first-order chi connectivity index (χ1) is 10.8. The van der Waals surface area contributed by atoms with Gasteiger partial charge in [0.2, 0.25) is 15.9 Å². The fourth-order valence-corrected chi connectivity index (χ4v) is 2.94. The third-order valence-corrected chi connectivity index (χ3v) is 4.35. The summed E-state index contributed by atoms with van der Waals surface area (Å²) in [5.41, 5.74) is 0.372. The Labute approximate surface area is 136 Å². The van der Waals surface area contributed by atoms with Gasteiger partial charge in [-0.05, 0) is 18.1 Å². The van der Waals surface area contributed by atoms with Crippen LogP contribution in [0.25, 0.3) is 0 Å². The maximum atomic E-state index is 12.0. The van der Waals surface area contributed by atoms with Gasteiger partial charge in [-0.1, -0.05) is 13.8 Å². The van der Waals surface area contributed by atoms with Crippen LogP contribution in [0, 0.1) is 5.92 Å². The highest BCUT2D eigenvalue weighted by Gasteiger charge is 2.23. The number of sulfonamides is 1. The Morgan fingerprint density at radius 2 is 1.91 bits per heavy atom. The largest absolute Gasteiger partial charge is 0.486 e. The summed E-state index contributed by atoms with van der Waals surface area (Å²) in [4.78, 5) is 12.0. The average molecular weight is 342 g/mol. The molecular formula is C15H22N2O5S. The Bertz CT molecular complexity index is 672. The molecule has 8 heteroatoms. The second-order valence-electron chi connectivity index (χ2n) is 5.80. The summed E-state index contributed by atoms with van der Waals surface area (Å²) in [6, 6.07) is 4.82. The lowest BCUT2D eigenvalue weighted by Gasteiger charge is -2.24. The lowest BCUT2D eigenvalue weighted by molar-refractivity contribution is -0.119. The number of nitrogens with zero attached hydrogens (tertiary/aromatic N) is 1. The van der Waals surface area contributed by atoms with E-state index in [9.17, 15) is 13.2 Å². The molecule has 1 aromatic rings. The molecular weight excluding hydrogens is 320 g/mol. The summed E-state index contributed by atoms with van der Waals surface area (Å²) in [5.74, 6) is 0.988. The van der Waals surface area contributed by atoms with Crippen molar-refractivity contribution in [2.24, 2.45) is 5.92 Å². The van der Waals surface area contributed by atoms with Gasteiger partial charge in [0.25, 0.3) is 0 Å². The number of ether oxygens (including phenoxy) is 2. The topological polar surface area (TPSA) is 84.9 Å². The standard InChI is InChI=1S/C15H22N2O5S/c1-11(2)9-16-15(18)10-17(23(3,19)20)12-4-5-13-14(8-12)22-7-6-21-13/h4-5,8,11H,6-7,9-10H2,1-3H3,(H,16,18). The normalized spacial score (nSPS) is 13.7. The summed E-state index contributed by atoms with van der Waals surface area (Å²) in [6.07, 6.45) is 1.07. The van der Waals surface area contributed by atoms with Crippen molar-refractivity contribution in [3.05, 3.63) is 18.2 Å². The van der Waals surface area contributed by atoms with Crippen LogP contribution in [0.2, 0.25) is 0 Å². The van der Waals surface area contributed by atoms with E-state index in [1.165, 1.54) is 0 Å². The van der Waals surface area contributed by atoms with Gasteiger partial charge in [0.15, 0.2) is 11.5 Å². The zero-order chi connectivity index (χ0) is 17.0. The Morgan fingerprint density at radius 1 is 1.26 bits per heavy atom. The Kier molecular flexibility index (Phi) is 5.35. The lowest BCUT2D eigenvalue weighted by atomic mass is 10.2. The van der Waals surface area contributed by atoms with E-state index in [-0.39, 0.29) is 12.5 Å². The molecule has 7 nitrogen and oxygen atoms in total. The molecule has 0 radical (unpaired) electrons. The first kappa shape index (κ1) is 17.4. The van der Waals surface area contributed by atoms with E-state index in [1.807, 2.05) is 13.8 Å². The number of carbonyl (C=O) groups excluding carboxylic acids is 1. The molecule has 1 aliphatic rings. The lowest BCUT2D eigenvalue weighted by Crippen LogP contribution is -2.41. The predicted molar refractivity (Wildman–Crippen MR) is 87.5 cm³/mol. The monoisotopic (exact) mass is 342 g/mol. The molecule has 1 N–H and O–H groups in total. The zero-order valence-corrected chi connectivity index (χ0v) is 14.4. The van der Waals surface area contributed by atoms with Gasteiger partial charge in [-0.2, -0.15) is 0 Å². The Morgan fingerprint density at radius 3 is 2.52 bits per heavy atom. The number of amides is 1. The molecule has 0 fully saturated rings. The zero-order valence-electron chi connectivity index (χ0n) is 13.5. The molecule has 1 heterocycles. The predicted octanol–water partition coefficient (Wildman–Crippen LogP) is 0.996. The fraction of sp³-hybridized carbons (Fsp3) is 0.533. The molecule has 128 valence electrons. The first-order valence-corrected chi connectivity index (χ1v) is 9.26. The van der Waals surface area contributed by atoms with Crippen molar-refractivity contribution in [2.45, 2.75) is 13.8 Å². The van der Waals surface area contributed by atoms with Crippen LogP contribution in [0.1, 0.15) is 13.8 Å². The van der Waals surface area contributed by atoms with Crippen molar-refractivity contribution in [1.29, 1.82) is 0 Å². The number of rotatable bonds is 6. The third-order valence-electron chi connectivity index (χ3n) is 3.21. The van der Waals surface area contributed by atoms with Gasteiger partial charge in [-0.15, -0.1) is 0 Å². The summed E-state index contributed by atoms with van der Waals surface area (Å²) in [6.45, 7) is 5.03. The first-order valence-electron chi connectivity index (χ1n) is 7.41. The molecule has 0 saturated carbocycles. The SMILES string of the molecule is CC(C)CNC(=O)CN(c1ccc2c(c1)OCCO2)S(C)(=O)=O. The molecule has 23 heavy (non-hydrogen) atoms. The van der Waals surface area contributed by atoms with Crippen molar-refractivity contribution in [2.75, 3.05) is 36.9 Å². The molecule has 0 spiro atoms. The summed E-state index contributed by atoms with van der Waals surface area (Å²) < 4.78 is 36.0. The van der Waals surface area contributed by atoms with Gasteiger partial charge in [-0.25, -0.2) is 8.42 Å². The molecule has 1 aliphatic heterocycles. The van der Waals surface area contributed by atoms with Crippen molar-refractivity contribution < 1.29 is 22.7 Å². The quantitative estimate of drug-likeness (QED) is 0.833. The molecule has 0 bridgehead atoms. The highest BCUT2D eigenvalue weighted by atomic mass is 32.2. The molecule has 1 aromatic carbocycles. The Hall–Kier alpha value is -1.96. The maximum absolute atomic E-state index is 12.0. The average Bonchev–Trinajstić information content (AvgIpc) is 2.49. The van der Waals surface area contributed by atoms with E-state index < -0.39 is 10.0 Å². The van der Waals surface area contributed by atoms with Crippen molar-refractivity contribution >= 4 is 21.6 Å². The van der Waals surface area contributed by atoms with Crippen molar-refractivity contribution in [1.82, 2.24) is 5.32 Å². The second-order valence-corrected chi connectivity index (χ2v) is 7.70. The molecule has 0 saturated heterocycles. The molecule has 1 amide bonds. The van der Waals surface area contributed by atoms with E-state index in [0.29, 0.717) is 42.9 Å². The van der Waals surface area contributed by atoms with E-state index >= 15 is 0 Å². The maximum Gasteiger partial charge on any atom is 0.240 e. The summed E-state index contributed by atoms with van der Waals surface area (Å²) >= 11 is 0. The van der Waals surface area contributed by atoms with Crippen LogP contribution in [-0.2, 0) is 14.8 Å². The molecule has 0 aliphatic carbocycles. The van der Waals surface area contributed by atoms with Crippen LogP contribution in [0.4, 0.5) is 5.69 Å². The number of hydrogen-bond acceptors (Lipinski definition) is 5. The minimum atomic E-state index is -3.60. The van der Waals surface area contributed by atoms with Crippen molar-refractivity contribution in [3.63, 3.8) is 0 Å². The van der Waals surface area contributed by atoms with E-state index in [0.717, 1.165) is 10.6 Å². The van der Waals surface area contributed by atoms with Gasteiger partial charge >= 0.3 is 0 Å². The van der Waals surface area contributed by atoms with Gasteiger partial charge < -0.3 is 14.8 Å². The summed E-state index contributed by atoms with van der Waals surface area (Å²) in [5, 5.41) is 2.72. The van der Waals surface area contributed by atoms with Gasteiger partial charge in [-0.3, -0.25) is 9.10 Å². The summed E-state index contributed by atoms with van der Waals surface area (Å²) in [7, 11) is -3.60. The van der Waals surface area contributed by atoms with Crippen LogP contribution >= 0.6 is 0 Å². The molecule has 0 aromatic heterocycles. The van der Waals surface area contributed by atoms with Crippen molar-refractivity contribution in [3.8, 4) is 11.5 Å². The highest BCUT2D eigenvalue weighted by molar-refractivity contribution is 7.92. The number of anilines is 1. The van der Waals surface area contributed by atoms with E-state index in [2.05, 4.69) is 5.32 Å². The minimum absolute atomic E-state index is 0.273. The van der Waals surface area contributed by atoms with Crippen LogP contribution in [0.5, 0.6) is 11.5 Å². The molecule has 2 rings (SSSR count). The molecule has 0 atom stereocenters. The number of carbonyl (C=O) groups is 1. The van der Waals surface area contributed by atoms with Gasteiger partial charge in [0, 0.05) is 12.6 Å². The second kappa shape index (κ2) is 7.08. The fourth-order valence-electron chi connectivity index (χ4n) is 2.09. The van der Waals surface area contributed by atoms with Crippen LogP contribution < -0.4 is 19.1 Å². The van der Waals surface area contributed by atoms with Crippen LogP contribution in [-0.4, -0.2) is 46.9 Å². The number of nitrogens with one attached hydrogen (secondary N) is 1. The minimum Gasteiger partial charge on any atom is -0.486 e. The van der Waals surface area contributed by atoms with Gasteiger partial charge in [0.05, 0.1) is 11.9 Å². The number of benzene rings is 1. The number of hydrogen-bond donors (Lipinski definition) is 1. The van der Waals surface area contributed by atoms with E-state index in [1.54, 1.807) is 18.2 Å². The third kappa shape index (κ3) is 4.75. The van der Waals surface area contributed by atoms with Gasteiger partial charge in [0.1, 0.15) is 19.8 Å². The Balaban J connectivity index is 2.20. The number of fused-ring (bicyclic) bond motifs is 1. The molecule has 0 unspecified atom stereocenters. The van der Waals surface area contributed by atoms with Crippen LogP contribution in [0.15, 0.2) is 18.2 Å². The highest BCUT2D eigenvalue weighted by Crippen LogP contribution is 2.34. The van der Waals surface area contributed by atoms with Crippen LogP contribution in [0.3, 0.4) is 0 Å².